The highest BCUT2D eigenvalue weighted by Gasteiger charge is 2.23. The third kappa shape index (κ3) is 5.72. The number of carbonyl (C=O) groups excluding carboxylic acids is 1. The average Bonchev–Trinajstić information content (AvgIpc) is 3.23. The summed E-state index contributed by atoms with van der Waals surface area (Å²) in [5, 5.41) is 5.47. The number of hydrogen-bond acceptors (Lipinski definition) is 7. The number of morpholine rings is 1. The van der Waals surface area contributed by atoms with Gasteiger partial charge in [0.05, 0.1) is 30.6 Å². The Morgan fingerprint density at radius 2 is 2.23 bits per heavy atom. The van der Waals surface area contributed by atoms with Crippen molar-refractivity contribution in [2.75, 3.05) is 31.6 Å². The number of thiazole rings is 1. The molecule has 0 radical (unpaired) electrons. The molecule has 4 unspecified atom stereocenters. The van der Waals surface area contributed by atoms with Crippen LogP contribution in [0.5, 0.6) is 0 Å². The predicted octanol–water partition coefficient (Wildman–Crippen LogP) is 2.27. The summed E-state index contributed by atoms with van der Waals surface area (Å²) < 4.78 is 16.9. The number of rotatable bonds is 7. The minimum Gasteiger partial charge on any atom is -0.376 e. The van der Waals surface area contributed by atoms with Crippen LogP contribution in [0.3, 0.4) is 0 Å². The maximum Gasteiger partial charge on any atom is 0.254 e. The fraction of sp³-hybridized carbons (Fsp3) is 0.778. The molecule has 0 aromatic carbocycles. The lowest BCUT2D eigenvalue weighted by molar-refractivity contribution is -0.128. The van der Waals surface area contributed by atoms with Gasteiger partial charge in [0.1, 0.15) is 6.10 Å². The van der Waals surface area contributed by atoms with Crippen LogP contribution >= 0.6 is 11.3 Å². The van der Waals surface area contributed by atoms with Crippen LogP contribution in [0, 0.1) is 0 Å². The summed E-state index contributed by atoms with van der Waals surface area (Å²) in [4.78, 5) is 19.1. The van der Waals surface area contributed by atoms with Crippen molar-refractivity contribution in [3.8, 4) is 0 Å². The Balaban J connectivity index is 1.44. The molecule has 0 aliphatic carbocycles. The van der Waals surface area contributed by atoms with Crippen LogP contribution in [0.1, 0.15) is 39.3 Å². The summed E-state index contributed by atoms with van der Waals surface area (Å²) in [7, 11) is 0. The van der Waals surface area contributed by atoms with E-state index >= 15 is 0 Å². The zero-order chi connectivity index (χ0) is 18.5. The van der Waals surface area contributed by atoms with Gasteiger partial charge in [-0.25, -0.2) is 4.98 Å². The molecule has 146 valence electrons. The SMILES string of the molecule is CC1CN(Cc2csc(NC(=O)C(C)OCC3CCCO3)n2)CC(C)O1. The number of carbonyl (C=O) groups is 1. The first-order valence-corrected chi connectivity index (χ1v) is 10.2. The number of anilines is 1. The van der Waals surface area contributed by atoms with E-state index in [9.17, 15) is 4.79 Å². The molecule has 8 heteroatoms. The van der Waals surface area contributed by atoms with Crippen molar-refractivity contribution in [2.24, 2.45) is 0 Å². The molecular formula is C18H29N3O4S. The number of hydrogen-bond donors (Lipinski definition) is 1. The first-order chi connectivity index (χ1) is 12.5. The van der Waals surface area contributed by atoms with Crippen molar-refractivity contribution >= 4 is 22.4 Å². The molecule has 2 fully saturated rings. The van der Waals surface area contributed by atoms with Crippen molar-refractivity contribution in [1.29, 1.82) is 0 Å². The molecule has 0 bridgehead atoms. The molecule has 1 N–H and O–H groups in total. The van der Waals surface area contributed by atoms with Gasteiger partial charge in [-0.1, -0.05) is 0 Å². The monoisotopic (exact) mass is 383 g/mol. The fourth-order valence-electron chi connectivity index (χ4n) is 3.39. The van der Waals surface area contributed by atoms with Gasteiger partial charge >= 0.3 is 0 Å². The van der Waals surface area contributed by atoms with Gasteiger partial charge in [0.15, 0.2) is 5.13 Å². The summed E-state index contributed by atoms with van der Waals surface area (Å²) in [5.41, 5.74) is 0.972. The highest BCUT2D eigenvalue weighted by Crippen LogP contribution is 2.20. The lowest BCUT2D eigenvalue weighted by Gasteiger charge is -2.34. The zero-order valence-electron chi connectivity index (χ0n) is 15.8. The van der Waals surface area contributed by atoms with Crippen molar-refractivity contribution in [2.45, 2.75) is 64.6 Å². The van der Waals surface area contributed by atoms with E-state index in [0.717, 1.165) is 44.8 Å². The number of nitrogens with one attached hydrogen (secondary N) is 1. The average molecular weight is 384 g/mol. The van der Waals surface area contributed by atoms with E-state index in [1.165, 1.54) is 11.3 Å². The smallest absolute Gasteiger partial charge is 0.254 e. The highest BCUT2D eigenvalue weighted by molar-refractivity contribution is 7.13. The van der Waals surface area contributed by atoms with Crippen LogP contribution in [0.15, 0.2) is 5.38 Å². The second-order valence-corrected chi connectivity index (χ2v) is 8.05. The van der Waals surface area contributed by atoms with Crippen molar-refractivity contribution in [3.05, 3.63) is 11.1 Å². The third-order valence-electron chi connectivity index (χ3n) is 4.59. The number of nitrogens with zero attached hydrogens (tertiary/aromatic N) is 2. The predicted molar refractivity (Wildman–Crippen MR) is 100 cm³/mol. The van der Waals surface area contributed by atoms with Crippen LogP contribution in [0.2, 0.25) is 0 Å². The Hall–Kier alpha value is -1.06. The Morgan fingerprint density at radius 1 is 1.46 bits per heavy atom. The van der Waals surface area contributed by atoms with Gasteiger partial charge in [0, 0.05) is 31.6 Å². The minimum absolute atomic E-state index is 0.120. The quantitative estimate of drug-likeness (QED) is 0.779. The molecule has 4 atom stereocenters. The summed E-state index contributed by atoms with van der Waals surface area (Å²) >= 11 is 1.45. The normalized spacial score (nSPS) is 28.2. The molecule has 1 aromatic heterocycles. The molecule has 1 amide bonds. The van der Waals surface area contributed by atoms with Gasteiger partial charge in [-0.3, -0.25) is 15.0 Å². The largest absolute Gasteiger partial charge is 0.376 e. The van der Waals surface area contributed by atoms with Crippen LogP contribution in [0.4, 0.5) is 5.13 Å². The first kappa shape index (κ1) is 19.7. The molecule has 1 aromatic rings. The Kier molecular flexibility index (Phi) is 6.99. The molecule has 26 heavy (non-hydrogen) atoms. The minimum atomic E-state index is -0.521. The lowest BCUT2D eigenvalue weighted by Crippen LogP contribution is -2.44. The molecule has 0 saturated carbocycles. The molecule has 2 aliphatic rings. The standard InChI is InChI=1S/C18H29N3O4S/c1-12-7-21(8-13(2)25-12)9-15-11-26-18(19-15)20-17(22)14(3)24-10-16-5-4-6-23-16/h11-14,16H,4-10H2,1-3H3,(H,19,20,22). The lowest BCUT2D eigenvalue weighted by atomic mass is 10.2. The van der Waals surface area contributed by atoms with Gasteiger partial charge < -0.3 is 14.2 Å². The van der Waals surface area contributed by atoms with Gasteiger partial charge in [-0.2, -0.15) is 0 Å². The number of amides is 1. The van der Waals surface area contributed by atoms with E-state index in [-0.39, 0.29) is 24.2 Å². The highest BCUT2D eigenvalue weighted by atomic mass is 32.1. The van der Waals surface area contributed by atoms with E-state index < -0.39 is 6.10 Å². The number of ether oxygens (including phenoxy) is 3. The van der Waals surface area contributed by atoms with Crippen molar-refractivity contribution < 1.29 is 19.0 Å². The second kappa shape index (κ2) is 9.23. The molecule has 0 spiro atoms. The Morgan fingerprint density at radius 3 is 2.92 bits per heavy atom. The van der Waals surface area contributed by atoms with Crippen LogP contribution in [0.25, 0.3) is 0 Å². The molecule has 3 heterocycles. The van der Waals surface area contributed by atoms with Crippen LogP contribution in [-0.4, -0.2) is 66.5 Å². The Labute approximate surface area is 159 Å². The third-order valence-corrected chi connectivity index (χ3v) is 5.39. The summed E-state index contributed by atoms with van der Waals surface area (Å²) in [6.45, 7) is 9.77. The first-order valence-electron chi connectivity index (χ1n) is 9.36. The van der Waals surface area contributed by atoms with Gasteiger partial charge in [0.2, 0.25) is 0 Å². The molecule has 2 saturated heterocycles. The van der Waals surface area contributed by atoms with E-state index in [1.807, 2.05) is 5.38 Å². The van der Waals surface area contributed by atoms with Gasteiger partial charge in [0.25, 0.3) is 5.91 Å². The number of aromatic nitrogens is 1. The topological polar surface area (TPSA) is 72.9 Å². The van der Waals surface area contributed by atoms with Crippen LogP contribution in [-0.2, 0) is 25.5 Å². The van der Waals surface area contributed by atoms with E-state index in [2.05, 4.69) is 29.0 Å². The summed E-state index contributed by atoms with van der Waals surface area (Å²) in [6, 6.07) is 0. The van der Waals surface area contributed by atoms with Crippen molar-refractivity contribution in [1.82, 2.24) is 9.88 Å². The fourth-order valence-corrected chi connectivity index (χ4v) is 4.09. The molecule has 3 rings (SSSR count). The summed E-state index contributed by atoms with van der Waals surface area (Å²) in [6.07, 6.45) is 2.14. The maximum absolute atomic E-state index is 12.3. The summed E-state index contributed by atoms with van der Waals surface area (Å²) in [5.74, 6) is -0.169. The van der Waals surface area contributed by atoms with E-state index in [0.29, 0.717) is 11.7 Å². The van der Waals surface area contributed by atoms with Gasteiger partial charge in [-0.15, -0.1) is 11.3 Å². The van der Waals surface area contributed by atoms with Crippen LogP contribution < -0.4 is 5.32 Å². The molecular weight excluding hydrogens is 354 g/mol. The molecule has 2 aliphatic heterocycles. The van der Waals surface area contributed by atoms with Crippen molar-refractivity contribution in [3.63, 3.8) is 0 Å². The van der Waals surface area contributed by atoms with E-state index in [1.54, 1.807) is 6.92 Å². The Bertz CT molecular complexity index is 581. The maximum atomic E-state index is 12.3. The van der Waals surface area contributed by atoms with Gasteiger partial charge in [-0.05, 0) is 33.6 Å². The second-order valence-electron chi connectivity index (χ2n) is 7.20. The molecule has 7 nitrogen and oxygen atoms in total. The van der Waals surface area contributed by atoms with E-state index in [4.69, 9.17) is 14.2 Å². The zero-order valence-corrected chi connectivity index (χ0v) is 16.6.